The maximum absolute atomic E-state index is 11.9. The molecule has 0 fully saturated rings. The average molecular weight is 310 g/mol. The van der Waals surface area contributed by atoms with Crippen LogP contribution in [0.3, 0.4) is 0 Å². The van der Waals surface area contributed by atoms with Gasteiger partial charge in [0.25, 0.3) is 0 Å². The predicted molar refractivity (Wildman–Crippen MR) is 85.4 cm³/mol. The van der Waals surface area contributed by atoms with E-state index in [2.05, 4.69) is 0 Å². The third-order valence-corrected chi connectivity index (χ3v) is 9.80. The van der Waals surface area contributed by atoms with Gasteiger partial charge in [-0.05, 0) is 17.4 Å². The molecule has 0 radical (unpaired) electrons. The minimum Gasteiger partial charge on any atom is -0.278 e. The van der Waals surface area contributed by atoms with E-state index in [1.807, 2.05) is 60.7 Å². The van der Waals surface area contributed by atoms with Gasteiger partial charge in [-0.15, -0.1) is 9.06 Å². The summed E-state index contributed by atoms with van der Waals surface area (Å²) in [4.78, 5) is 0. The first-order valence-electron chi connectivity index (χ1n) is 6.20. The Labute approximate surface area is 121 Å². The molecular weight excluding hydrogens is 292 g/mol. The first kappa shape index (κ1) is 15.1. The molecule has 0 unspecified atom stereocenters. The average Bonchev–Trinajstić information content (AvgIpc) is 2.39. The fraction of sp³-hybridized carbons (Fsp3) is 0.200. The Bertz CT molecular complexity index is 611. The van der Waals surface area contributed by atoms with Gasteiger partial charge in [-0.2, -0.15) is 8.42 Å². The molecule has 0 aliphatic heterocycles. The van der Waals surface area contributed by atoms with Gasteiger partial charge in [-0.25, -0.2) is 0 Å². The van der Waals surface area contributed by atoms with Gasteiger partial charge in [0.2, 0.25) is 0 Å². The van der Waals surface area contributed by atoms with E-state index >= 15 is 0 Å². The molecule has 2 rings (SSSR count). The second-order valence-corrected chi connectivity index (χ2v) is 12.3. The molecule has 0 spiro atoms. The van der Waals surface area contributed by atoms with Crippen molar-refractivity contribution in [1.82, 2.24) is 0 Å². The van der Waals surface area contributed by atoms with Gasteiger partial charge in [0.15, 0.2) is 0 Å². The molecule has 2 aromatic carbocycles. The van der Waals surface area contributed by atoms with Crippen LogP contribution in [-0.2, 0) is 20.7 Å². The lowest BCUT2D eigenvalue weighted by molar-refractivity contribution is 0.501. The molecule has 0 amide bonds. The fourth-order valence-electron chi connectivity index (χ4n) is 2.05. The molecule has 2 aromatic rings. The van der Waals surface area contributed by atoms with Crippen molar-refractivity contribution < 1.29 is 13.0 Å². The van der Waals surface area contributed by atoms with Crippen LogP contribution in [0.4, 0.5) is 0 Å². The molecular formula is C15H18O3S2. The number of benzene rings is 2. The first-order chi connectivity index (χ1) is 9.41. The molecule has 0 atom stereocenters. The first-order valence-corrected chi connectivity index (χ1v) is 10.5. The molecule has 0 saturated heterocycles. The van der Waals surface area contributed by atoms with Crippen LogP contribution in [0.25, 0.3) is 0 Å². The summed E-state index contributed by atoms with van der Waals surface area (Å²) in [7, 11) is -6.31. The van der Waals surface area contributed by atoms with Gasteiger partial charge < -0.3 is 0 Å². The van der Waals surface area contributed by atoms with Crippen LogP contribution in [0.15, 0.2) is 60.7 Å². The van der Waals surface area contributed by atoms with Gasteiger partial charge in [-0.3, -0.25) is 4.55 Å². The Kier molecular flexibility index (Phi) is 4.52. The maximum atomic E-state index is 11.9. The minimum atomic E-state index is -4.08. The van der Waals surface area contributed by atoms with Crippen LogP contribution >= 0.6 is 9.06 Å². The lowest BCUT2D eigenvalue weighted by atomic mass is 10.2. The summed E-state index contributed by atoms with van der Waals surface area (Å²) in [5.74, 6) is 0.725. The fourth-order valence-corrected chi connectivity index (χ4v) is 5.96. The van der Waals surface area contributed by atoms with E-state index in [1.54, 1.807) is 6.26 Å². The van der Waals surface area contributed by atoms with Crippen LogP contribution in [-0.4, -0.2) is 19.2 Å². The van der Waals surface area contributed by atoms with E-state index in [0.717, 1.165) is 11.1 Å². The molecule has 1 N–H and O–H groups in total. The van der Waals surface area contributed by atoms with Gasteiger partial charge in [0.05, 0.1) is 0 Å². The van der Waals surface area contributed by atoms with Crippen molar-refractivity contribution in [2.45, 2.75) is 11.5 Å². The van der Waals surface area contributed by atoms with E-state index in [1.165, 1.54) is 0 Å². The topological polar surface area (TPSA) is 54.4 Å². The van der Waals surface area contributed by atoms with Crippen LogP contribution in [0.5, 0.6) is 0 Å². The predicted octanol–water partition coefficient (Wildman–Crippen LogP) is 3.62. The van der Waals surface area contributed by atoms with Crippen LogP contribution in [0.2, 0.25) is 0 Å². The zero-order chi connectivity index (χ0) is 14.6. The Morgan fingerprint density at radius 2 is 1.15 bits per heavy atom. The Morgan fingerprint density at radius 3 is 1.45 bits per heavy atom. The van der Waals surface area contributed by atoms with E-state index in [-0.39, 0.29) is 0 Å². The lowest BCUT2D eigenvalue weighted by Gasteiger charge is -2.32. The normalized spacial score (nSPS) is 13.1. The second kappa shape index (κ2) is 5.99. The summed E-state index contributed by atoms with van der Waals surface area (Å²) in [5, 5.41) is 0. The largest absolute Gasteiger partial charge is 0.302 e. The Hall–Kier alpha value is -1.30. The van der Waals surface area contributed by atoms with Crippen molar-refractivity contribution in [3.05, 3.63) is 71.8 Å². The lowest BCUT2D eigenvalue weighted by Crippen LogP contribution is -2.15. The summed E-state index contributed by atoms with van der Waals surface area (Å²) in [6.45, 7) is 0. The van der Waals surface area contributed by atoms with E-state index in [4.69, 9.17) is 0 Å². The molecule has 5 heteroatoms. The van der Waals surface area contributed by atoms with Gasteiger partial charge in [0.1, 0.15) is 0 Å². The van der Waals surface area contributed by atoms with Crippen molar-refractivity contribution in [2.75, 3.05) is 6.26 Å². The van der Waals surface area contributed by atoms with Crippen LogP contribution in [0.1, 0.15) is 11.1 Å². The molecule has 3 nitrogen and oxygen atoms in total. The molecule has 0 saturated carbocycles. The van der Waals surface area contributed by atoms with Crippen molar-refractivity contribution in [1.29, 1.82) is 0 Å². The molecule has 20 heavy (non-hydrogen) atoms. The number of hydrogen-bond acceptors (Lipinski definition) is 2. The Balaban J connectivity index is 2.32. The second-order valence-electron chi connectivity index (χ2n) is 4.87. The number of rotatable bonds is 5. The Morgan fingerprint density at radius 1 is 0.800 bits per heavy atom. The summed E-state index contributed by atoms with van der Waals surface area (Å²) in [6, 6.07) is 18.8. The number of hydrogen-bond donors (Lipinski definition) is 1. The van der Waals surface area contributed by atoms with Crippen molar-refractivity contribution in [3.8, 4) is 0 Å². The van der Waals surface area contributed by atoms with Gasteiger partial charge in [-0.1, -0.05) is 60.7 Å². The van der Waals surface area contributed by atoms with Crippen LogP contribution < -0.4 is 0 Å². The van der Waals surface area contributed by atoms with Crippen molar-refractivity contribution >= 4 is 18.2 Å². The zero-order valence-corrected chi connectivity index (χ0v) is 12.9. The highest BCUT2D eigenvalue weighted by molar-refractivity contribution is 8.87. The monoisotopic (exact) mass is 310 g/mol. The highest BCUT2D eigenvalue weighted by Crippen LogP contribution is 2.55. The summed E-state index contributed by atoms with van der Waals surface area (Å²) in [6.07, 6.45) is 1.67. The smallest absolute Gasteiger partial charge is 0.278 e. The molecule has 108 valence electrons. The molecule has 0 heterocycles. The zero-order valence-electron chi connectivity index (χ0n) is 11.3. The molecule has 0 aromatic heterocycles. The van der Waals surface area contributed by atoms with E-state index in [9.17, 15) is 13.0 Å². The standard InChI is InChI=1S/C15H18O3S2/c1-19(20(16,17)18,12-14-8-4-2-5-9-14)13-15-10-6-3-7-11-15/h2-11H,12-13H2,1H3,(H,16,17,18). The van der Waals surface area contributed by atoms with Gasteiger partial charge in [0, 0.05) is 11.5 Å². The highest BCUT2D eigenvalue weighted by Gasteiger charge is 2.32. The van der Waals surface area contributed by atoms with E-state index < -0.39 is 18.2 Å². The van der Waals surface area contributed by atoms with Crippen LogP contribution in [0, 0.1) is 0 Å². The molecule has 0 bridgehead atoms. The SMILES string of the molecule is CS(Cc1ccccc1)(Cc1ccccc1)S(=O)(=O)O. The molecule has 0 aliphatic carbocycles. The maximum Gasteiger partial charge on any atom is 0.302 e. The minimum absolute atomic E-state index is 0.363. The summed E-state index contributed by atoms with van der Waals surface area (Å²) in [5.41, 5.74) is 1.86. The van der Waals surface area contributed by atoms with E-state index in [0.29, 0.717) is 11.5 Å². The molecule has 0 aliphatic rings. The van der Waals surface area contributed by atoms with Gasteiger partial charge >= 0.3 is 9.15 Å². The third-order valence-electron chi connectivity index (χ3n) is 3.14. The quantitative estimate of drug-likeness (QED) is 0.678. The summed E-state index contributed by atoms with van der Waals surface area (Å²) < 4.78 is 33.4. The van der Waals surface area contributed by atoms with Crippen molar-refractivity contribution in [2.24, 2.45) is 0 Å². The third kappa shape index (κ3) is 3.62. The van der Waals surface area contributed by atoms with Crippen molar-refractivity contribution in [3.63, 3.8) is 0 Å². The summed E-state index contributed by atoms with van der Waals surface area (Å²) >= 11 is 0. The highest BCUT2D eigenvalue weighted by atomic mass is 33.2.